The quantitative estimate of drug-likeness (QED) is 0.330. The third-order valence-electron chi connectivity index (χ3n) is 2.21. The summed E-state index contributed by atoms with van der Waals surface area (Å²) in [5.74, 6) is 0.499. The maximum Gasteiger partial charge on any atom is 0.251 e. The van der Waals surface area contributed by atoms with E-state index in [4.69, 9.17) is 15.7 Å². The molecule has 6 nitrogen and oxygen atoms in total. The van der Waals surface area contributed by atoms with Crippen LogP contribution in [0.2, 0.25) is 0 Å². The van der Waals surface area contributed by atoms with E-state index in [1.165, 1.54) is 0 Å². The summed E-state index contributed by atoms with van der Waals surface area (Å²) >= 11 is 3.30. The number of carbonyl (C=O) groups is 1. The van der Waals surface area contributed by atoms with E-state index in [-0.39, 0.29) is 11.7 Å². The molecule has 0 heterocycles. The van der Waals surface area contributed by atoms with Crippen LogP contribution in [-0.2, 0) is 0 Å². The second-order valence-corrected chi connectivity index (χ2v) is 4.30. The number of methoxy groups -OCH3 is 1. The zero-order valence-electron chi connectivity index (χ0n) is 9.81. The highest BCUT2D eigenvalue weighted by atomic mass is 79.9. The number of ether oxygens (including phenoxy) is 1. The van der Waals surface area contributed by atoms with Gasteiger partial charge in [0.15, 0.2) is 0 Å². The van der Waals surface area contributed by atoms with E-state index in [0.717, 1.165) is 0 Å². The lowest BCUT2D eigenvalue weighted by Crippen LogP contribution is -2.28. The van der Waals surface area contributed by atoms with Crippen molar-refractivity contribution in [2.24, 2.45) is 10.9 Å². The number of nitrogens with two attached hydrogens (primary N) is 1. The average molecular weight is 316 g/mol. The van der Waals surface area contributed by atoms with Crippen LogP contribution in [-0.4, -0.2) is 30.6 Å². The Morgan fingerprint density at radius 3 is 2.89 bits per heavy atom. The summed E-state index contributed by atoms with van der Waals surface area (Å²) in [6.45, 7) is 0.304. The molecule has 7 heteroatoms. The smallest absolute Gasteiger partial charge is 0.251 e. The van der Waals surface area contributed by atoms with Crippen molar-refractivity contribution >= 4 is 27.7 Å². The van der Waals surface area contributed by atoms with Crippen LogP contribution in [0.3, 0.4) is 0 Å². The highest BCUT2D eigenvalue weighted by molar-refractivity contribution is 9.10. The molecule has 0 bridgehead atoms. The lowest BCUT2D eigenvalue weighted by atomic mass is 10.2. The molecular weight excluding hydrogens is 302 g/mol. The number of carbonyl (C=O) groups excluding carboxylic acids is 1. The summed E-state index contributed by atoms with van der Waals surface area (Å²) < 4.78 is 5.77. The van der Waals surface area contributed by atoms with Gasteiger partial charge in [-0.2, -0.15) is 0 Å². The van der Waals surface area contributed by atoms with Crippen LogP contribution in [0.4, 0.5) is 0 Å². The Morgan fingerprint density at radius 2 is 2.33 bits per heavy atom. The molecule has 0 aromatic heterocycles. The van der Waals surface area contributed by atoms with Crippen molar-refractivity contribution in [3.8, 4) is 5.75 Å². The van der Waals surface area contributed by atoms with Crippen molar-refractivity contribution in [3.63, 3.8) is 0 Å². The van der Waals surface area contributed by atoms with Crippen LogP contribution in [0.25, 0.3) is 0 Å². The minimum absolute atomic E-state index is 0.0752. The first-order valence-electron chi connectivity index (χ1n) is 5.16. The number of amidine groups is 1. The van der Waals surface area contributed by atoms with Crippen LogP contribution < -0.4 is 15.8 Å². The number of nitrogens with zero attached hydrogens (tertiary/aromatic N) is 1. The predicted molar refractivity (Wildman–Crippen MR) is 71.1 cm³/mol. The monoisotopic (exact) mass is 315 g/mol. The SMILES string of the molecule is COc1ccc(C(=O)NCCC(N)=NO)cc1Br. The maximum absolute atomic E-state index is 11.8. The number of nitrogens with one attached hydrogen (secondary N) is 1. The van der Waals surface area contributed by atoms with Gasteiger partial charge in [-0.05, 0) is 34.1 Å². The maximum atomic E-state index is 11.8. The number of hydrogen-bond acceptors (Lipinski definition) is 4. The van der Waals surface area contributed by atoms with Gasteiger partial charge in [0.05, 0.1) is 11.6 Å². The van der Waals surface area contributed by atoms with Crippen molar-refractivity contribution in [1.29, 1.82) is 0 Å². The molecule has 1 aromatic rings. The van der Waals surface area contributed by atoms with E-state index in [1.807, 2.05) is 0 Å². The largest absolute Gasteiger partial charge is 0.496 e. The Hall–Kier alpha value is -1.76. The average Bonchev–Trinajstić information content (AvgIpc) is 2.38. The van der Waals surface area contributed by atoms with E-state index in [9.17, 15) is 4.79 Å². The molecule has 18 heavy (non-hydrogen) atoms. The van der Waals surface area contributed by atoms with Crippen molar-refractivity contribution in [2.75, 3.05) is 13.7 Å². The highest BCUT2D eigenvalue weighted by Crippen LogP contribution is 2.25. The van der Waals surface area contributed by atoms with Gasteiger partial charge >= 0.3 is 0 Å². The summed E-state index contributed by atoms with van der Waals surface area (Å²) in [6, 6.07) is 5.02. The molecule has 0 spiro atoms. The summed E-state index contributed by atoms with van der Waals surface area (Å²) in [5.41, 5.74) is 5.79. The van der Waals surface area contributed by atoms with Crippen LogP contribution >= 0.6 is 15.9 Å². The summed E-state index contributed by atoms with van der Waals surface area (Å²) in [7, 11) is 1.55. The third kappa shape index (κ3) is 3.92. The molecule has 0 fully saturated rings. The zero-order valence-corrected chi connectivity index (χ0v) is 11.4. The van der Waals surface area contributed by atoms with Gasteiger partial charge < -0.3 is 21.0 Å². The fraction of sp³-hybridized carbons (Fsp3) is 0.273. The predicted octanol–water partition coefficient (Wildman–Crippen LogP) is 1.32. The Bertz CT molecular complexity index is 463. The highest BCUT2D eigenvalue weighted by Gasteiger charge is 2.08. The molecular formula is C11H14BrN3O3. The number of oxime groups is 1. The minimum atomic E-state index is -0.232. The summed E-state index contributed by atoms with van der Waals surface area (Å²) in [4.78, 5) is 11.8. The molecule has 0 aliphatic rings. The van der Waals surface area contributed by atoms with E-state index in [1.54, 1.807) is 25.3 Å². The number of benzene rings is 1. The Balaban J connectivity index is 2.59. The van der Waals surface area contributed by atoms with Crippen molar-refractivity contribution in [3.05, 3.63) is 28.2 Å². The molecule has 0 aliphatic carbocycles. The first kappa shape index (κ1) is 14.3. The van der Waals surface area contributed by atoms with Gasteiger partial charge in [0, 0.05) is 18.5 Å². The lowest BCUT2D eigenvalue weighted by Gasteiger charge is -2.07. The van der Waals surface area contributed by atoms with Crippen LogP contribution in [0.1, 0.15) is 16.8 Å². The van der Waals surface area contributed by atoms with Crippen LogP contribution in [0.15, 0.2) is 27.8 Å². The molecule has 4 N–H and O–H groups in total. The van der Waals surface area contributed by atoms with E-state index < -0.39 is 0 Å². The molecule has 0 saturated carbocycles. The molecule has 0 aliphatic heterocycles. The third-order valence-corrected chi connectivity index (χ3v) is 2.83. The van der Waals surface area contributed by atoms with Gasteiger partial charge in [-0.1, -0.05) is 5.16 Å². The molecule has 0 saturated heterocycles. The zero-order chi connectivity index (χ0) is 13.5. The Morgan fingerprint density at radius 1 is 1.61 bits per heavy atom. The minimum Gasteiger partial charge on any atom is -0.496 e. The number of amides is 1. The molecule has 0 unspecified atom stereocenters. The van der Waals surface area contributed by atoms with Crippen molar-refractivity contribution in [2.45, 2.75) is 6.42 Å². The molecule has 1 rings (SSSR count). The lowest BCUT2D eigenvalue weighted by molar-refractivity contribution is 0.0954. The standard InChI is InChI=1S/C11H14BrN3O3/c1-18-9-3-2-7(6-8(9)12)11(16)14-5-4-10(13)15-17/h2-3,6,17H,4-5H2,1H3,(H2,13,15)(H,14,16). The van der Waals surface area contributed by atoms with Gasteiger partial charge in [-0.15, -0.1) is 0 Å². The number of hydrogen-bond donors (Lipinski definition) is 3. The van der Waals surface area contributed by atoms with E-state index >= 15 is 0 Å². The molecule has 98 valence electrons. The van der Waals surface area contributed by atoms with Gasteiger partial charge in [-0.25, -0.2) is 0 Å². The van der Waals surface area contributed by atoms with Gasteiger partial charge in [0.25, 0.3) is 5.91 Å². The molecule has 0 atom stereocenters. The fourth-order valence-corrected chi connectivity index (χ4v) is 1.80. The topological polar surface area (TPSA) is 96.9 Å². The fourth-order valence-electron chi connectivity index (χ4n) is 1.26. The Kier molecular flexibility index (Phi) is 5.44. The molecule has 1 amide bonds. The van der Waals surface area contributed by atoms with E-state index in [0.29, 0.717) is 28.8 Å². The van der Waals surface area contributed by atoms with Crippen LogP contribution in [0, 0.1) is 0 Å². The van der Waals surface area contributed by atoms with E-state index in [2.05, 4.69) is 26.4 Å². The van der Waals surface area contributed by atoms with Crippen molar-refractivity contribution < 1.29 is 14.7 Å². The van der Waals surface area contributed by atoms with Crippen LogP contribution in [0.5, 0.6) is 5.75 Å². The summed E-state index contributed by atoms with van der Waals surface area (Å²) in [5, 5.41) is 13.8. The summed E-state index contributed by atoms with van der Waals surface area (Å²) in [6.07, 6.45) is 0.291. The normalized spacial score (nSPS) is 11.1. The first-order valence-corrected chi connectivity index (χ1v) is 5.96. The Labute approximate surface area is 113 Å². The van der Waals surface area contributed by atoms with Crippen molar-refractivity contribution in [1.82, 2.24) is 5.32 Å². The number of rotatable bonds is 5. The molecule has 0 radical (unpaired) electrons. The van der Waals surface area contributed by atoms with Gasteiger partial charge in [0.1, 0.15) is 11.6 Å². The van der Waals surface area contributed by atoms with Gasteiger partial charge in [-0.3, -0.25) is 4.79 Å². The second kappa shape index (κ2) is 6.85. The second-order valence-electron chi connectivity index (χ2n) is 3.45. The number of halogens is 1. The first-order chi connectivity index (χ1) is 8.58. The van der Waals surface area contributed by atoms with Gasteiger partial charge in [0.2, 0.25) is 0 Å². The molecule has 1 aromatic carbocycles.